The van der Waals surface area contributed by atoms with Gasteiger partial charge in [0.25, 0.3) is 0 Å². The van der Waals surface area contributed by atoms with E-state index < -0.39 is 11.6 Å². The first-order chi connectivity index (χ1) is 17.9. The van der Waals surface area contributed by atoms with Crippen LogP contribution in [0.5, 0.6) is 5.75 Å². The van der Waals surface area contributed by atoms with Crippen LogP contribution in [-0.2, 0) is 6.42 Å². The van der Waals surface area contributed by atoms with Crippen LogP contribution in [0, 0.1) is 30.9 Å². The molecule has 1 aliphatic heterocycles. The molecule has 0 radical (unpaired) electrons. The maximum atomic E-state index is 16.1. The number of pyridine rings is 2. The van der Waals surface area contributed by atoms with Gasteiger partial charge in [-0.15, -0.1) is 6.42 Å². The van der Waals surface area contributed by atoms with Crippen molar-refractivity contribution in [2.75, 3.05) is 11.4 Å². The zero-order valence-electron chi connectivity index (χ0n) is 19.9. The first-order valence-electron chi connectivity index (χ1n) is 11.8. The highest BCUT2D eigenvalue weighted by molar-refractivity contribution is 6.03. The Labute approximate surface area is 211 Å². The number of phenolic OH excluding ortho intramolecular Hbond substituents is 1. The maximum Gasteiger partial charge on any atom is 0.175 e. The summed E-state index contributed by atoms with van der Waals surface area (Å²) >= 11 is 0. The highest BCUT2D eigenvalue weighted by Gasteiger charge is 2.32. The summed E-state index contributed by atoms with van der Waals surface area (Å²) in [5.41, 5.74) is 1.37. The van der Waals surface area contributed by atoms with Crippen LogP contribution in [0.2, 0.25) is 0 Å². The molecule has 37 heavy (non-hydrogen) atoms. The minimum Gasteiger partial charge on any atom is -0.508 e. The van der Waals surface area contributed by atoms with Crippen LogP contribution < -0.4 is 4.90 Å². The summed E-state index contributed by atoms with van der Waals surface area (Å²) in [5, 5.41) is 11.7. The molecule has 5 aromatic rings. The predicted octanol–water partition coefficient (Wildman–Crippen LogP) is 5.33. The molecule has 0 bridgehead atoms. The van der Waals surface area contributed by atoms with Crippen LogP contribution in [0.15, 0.2) is 55.0 Å². The van der Waals surface area contributed by atoms with Gasteiger partial charge in [0.2, 0.25) is 0 Å². The van der Waals surface area contributed by atoms with Crippen LogP contribution >= 0.6 is 0 Å². The fourth-order valence-electron chi connectivity index (χ4n) is 5.00. The molecule has 1 atom stereocenters. The molecular formula is C29H21F2N5O. The van der Waals surface area contributed by atoms with Crippen molar-refractivity contribution in [1.29, 1.82) is 0 Å². The molecule has 1 unspecified atom stereocenters. The van der Waals surface area contributed by atoms with E-state index in [1.165, 1.54) is 24.3 Å². The van der Waals surface area contributed by atoms with Gasteiger partial charge in [-0.2, -0.15) is 0 Å². The number of rotatable bonds is 4. The van der Waals surface area contributed by atoms with E-state index in [0.717, 1.165) is 24.9 Å². The van der Waals surface area contributed by atoms with Crippen LogP contribution in [0.25, 0.3) is 32.9 Å². The van der Waals surface area contributed by atoms with Crippen molar-refractivity contribution in [1.82, 2.24) is 19.9 Å². The Morgan fingerprint density at radius 1 is 1.14 bits per heavy atom. The van der Waals surface area contributed by atoms with E-state index in [4.69, 9.17) is 11.4 Å². The Balaban J connectivity index is 1.60. The molecule has 1 N–H and O–H groups in total. The van der Waals surface area contributed by atoms with Crippen molar-refractivity contribution in [3.63, 3.8) is 0 Å². The largest absolute Gasteiger partial charge is 0.508 e. The summed E-state index contributed by atoms with van der Waals surface area (Å²) < 4.78 is 30.8. The molecule has 0 spiro atoms. The molecule has 2 aromatic carbocycles. The number of halogens is 2. The van der Waals surface area contributed by atoms with Crippen LogP contribution in [0.4, 0.5) is 14.6 Å². The maximum absolute atomic E-state index is 16.1. The SMILES string of the molecule is C#Cc1c(F)ccc2cc(O)cc(-c3nc(N4CCC4Cc4ccncc4)c4cnc(C)nc4c3F)c12. The Bertz CT molecular complexity index is 1730. The van der Waals surface area contributed by atoms with E-state index in [9.17, 15) is 9.50 Å². The van der Waals surface area contributed by atoms with Crippen LogP contribution in [0.3, 0.4) is 0 Å². The minimum absolute atomic E-state index is 0.0197. The first-order valence-corrected chi connectivity index (χ1v) is 11.8. The van der Waals surface area contributed by atoms with Gasteiger partial charge in [-0.05, 0) is 61.0 Å². The third-order valence-corrected chi connectivity index (χ3v) is 6.87. The number of phenols is 1. The van der Waals surface area contributed by atoms with E-state index in [-0.39, 0.29) is 34.1 Å². The molecule has 6 rings (SSSR count). The number of aryl methyl sites for hydroxylation is 1. The number of hydrogen-bond donors (Lipinski definition) is 1. The van der Waals surface area contributed by atoms with Crippen LogP contribution in [-0.4, -0.2) is 37.6 Å². The molecule has 1 fully saturated rings. The van der Waals surface area contributed by atoms with E-state index in [0.29, 0.717) is 27.8 Å². The van der Waals surface area contributed by atoms with Gasteiger partial charge in [0.15, 0.2) is 5.82 Å². The lowest BCUT2D eigenvalue weighted by Crippen LogP contribution is -2.49. The Morgan fingerprint density at radius 2 is 1.95 bits per heavy atom. The fraction of sp³-hybridized carbons (Fsp3) is 0.172. The molecule has 0 saturated carbocycles. The number of fused-ring (bicyclic) bond motifs is 2. The normalized spacial score (nSPS) is 15.1. The fourth-order valence-corrected chi connectivity index (χ4v) is 5.00. The summed E-state index contributed by atoms with van der Waals surface area (Å²) in [7, 11) is 0. The summed E-state index contributed by atoms with van der Waals surface area (Å²) in [6, 6.07) is 9.64. The van der Waals surface area contributed by atoms with Gasteiger partial charge in [0, 0.05) is 42.1 Å². The van der Waals surface area contributed by atoms with E-state index in [2.05, 4.69) is 25.8 Å². The Morgan fingerprint density at radius 3 is 2.68 bits per heavy atom. The molecule has 4 heterocycles. The number of benzene rings is 2. The lowest BCUT2D eigenvalue weighted by molar-refractivity contribution is 0.442. The molecule has 0 aliphatic carbocycles. The first kappa shape index (κ1) is 22.8. The van der Waals surface area contributed by atoms with Gasteiger partial charge < -0.3 is 10.0 Å². The van der Waals surface area contributed by atoms with Gasteiger partial charge in [-0.25, -0.2) is 23.7 Å². The molecule has 6 nitrogen and oxygen atoms in total. The van der Waals surface area contributed by atoms with Crippen molar-refractivity contribution < 1.29 is 13.9 Å². The molecule has 8 heteroatoms. The molecule has 3 aromatic heterocycles. The van der Waals surface area contributed by atoms with Crippen molar-refractivity contribution in [2.45, 2.75) is 25.8 Å². The number of nitrogens with zero attached hydrogens (tertiary/aromatic N) is 5. The van der Waals surface area contributed by atoms with E-state index in [1.54, 1.807) is 25.5 Å². The average Bonchev–Trinajstić information content (AvgIpc) is 2.88. The van der Waals surface area contributed by atoms with Gasteiger partial charge in [-0.3, -0.25) is 4.98 Å². The summed E-state index contributed by atoms with van der Waals surface area (Å²) in [6.45, 7) is 2.41. The number of aromatic hydroxyl groups is 1. The van der Waals surface area contributed by atoms with Crippen molar-refractivity contribution >= 4 is 27.5 Å². The van der Waals surface area contributed by atoms with Crippen LogP contribution in [0.1, 0.15) is 23.4 Å². The van der Waals surface area contributed by atoms with Crippen molar-refractivity contribution in [3.05, 3.63) is 83.6 Å². The molecular weight excluding hydrogens is 472 g/mol. The topological polar surface area (TPSA) is 75.0 Å². The second kappa shape index (κ2) is 8.79. The standard InChI is InChI=1S/C29H21F2N5O/c1-3-21-24(30)5-4-18-13-20(37)14-22(25(18)21)27-26(31)28-23(15-33-16(2)34-28)29(35-27)36-11-8-19(36)12-17-6-9-32-10-7-17/h1,4-7,9-10,13-15,19,37H,8,11-12H2,2H3. The van der Waals surface area contributed by atoms with Crippen molar-refractivity contribution in [3.8, 4) is 29.4 Å². The molecule has 0 amide bonds. The Hall–Kier alpha value is -4.64. The highest BCUT2D eigenvalue weighted by Crippen LogP contribution is 2.41. The summed E-state index contributed by atoms with van der Waals surface area (Å²) in [5.74, 6) is 1.91. The van der Waals surface area contributed by atoms with Gasteiger partial charge in [-0.1, -0.05) is 12.0 Å². The smallest absolute Gasteiger partial charge is 0.175 e. The summed E-state index contributed by atoms with van der Waals surface area (Å²) in [4.78, 5) is 19.7. The highest BCUT2D eigenvalue weighted by atomic mass is 19.1. The van der Waals surface area contributed by atoms with E-state index >= 15 is 4.39 Å². The lowest BCUT2D eigenvalue weighted by Gasteiger charge is -2.42. The quantitative estimate of drug-likeness (QED) is 0.341. The summed E-state index contributed by atoms with van der Waals surface area (Å²) in [6.07, 6.45) is 12.5. The second-order valence-electron chi connectivity index (χ2n) is 9.13. The monoisotopic (exact) mass is 493 g/mol. The molecule has 1 aliphatic rings. The number of anilines is 1. The molecule has 1 saturated heterocycles. The third-order valence-electron chi connectivity index (χ3n) is 6.87. The third kappa shape index (κ3) is 3.80. The predicted molar refractivity (Wildman–Crippen MR) is 138 cm³/mol. The number of aromatic nitrogens is 4. The zero-order valence-corrected chi connectivity index (χ0v) is 19.9. The number of hydrogen-bond acceptors (Lipinski definition) is 6. The average molecular weight is 494 g/mol. The van der Waals surface area contributed by atoms with Gasteiger partial charge >= 0.3 is 0 Å². The van der Waals surface area contributed by atoms with Gasteiger partial charge in [0.1, 0.15) is 34.4 Å². The molecule has 182 valence electrons. The van der Waals surface area contributed by atoms with Crippen molar-refractivity contribution in [2.24, 2.45) is 0 Å². The zero-order chi connectivity index (χ0) is 25.7. The van der Waals surface area contributed by atoms with E-state index in [1.807, 2.05) is 12.1 Å². The Kier molecular flexibility index (Phi) is 5.41. The number of terminal acetylenes is 1. The minimum atomic E-state index is -0.686. The van der Waals surface area contributed by atoms with Gasteiger partial charge in [0.05, 0.1) is 10.9 Å². The second-order valence-corrected chi connectivity index (χ2v) is 9.13. The lowest BCUT2D eigenvalue weighted by atomic mass is 9.94.